The summed E-state index contributed by atoms with van der Waals surface area (Å²) >= 11 is 0. The zero-order chi connectivity index (χ0) is 10.2. The van der Waals surface area contributed by atoms with E-state index in [1.165, 1.54) is 25.7 Å². The molecule has 1 nitrogen and oxygen atoms in total. The molecular weight excluding hydrogens is 158 g/mol. The zero-order valence-corrected chi connectivity index (χ0v) is 9.40. The van der Waals surface area contributed by atoms with Gasteiger partial charge in [0.15, 0.2) is 0 Å². The van der Waals surface area contributed by atoms with E-state index in [0.717, 1.165) is 19.3 Å². The van der Waals surface area contributed by atoms with Gasteiger partial charge in [-0.05, 0) is 19.3 Å². The van der Waals surface area contributed by atoms with Crippen LogP contribution in [0, 0.1) is 16.7 Å². The van der Waals surface area contributed by atoms with Crippen LogP contribution in [-0.2, 0) is 0 Å². The van der Waals surface area contributed by atoms with Crippen LogP contribution in [0.4, 0.5) is 0 Å². The molecule has 0 aliphatic rings. The first-order valence-corrected chi connectivity index (χ1v) is 5.66. The van der Waals surface area contributed by atoms with Crippen LogP contribution in [0.1, 0.15) is 65.7 Å². The van der Waals surface area contributed by atoms with Gasteiger partial charge in [0.05, 0.1) is 11.5 Å². The molecule has 0 atom stereocenters. The van der Waals surface area contributed by atoms with Crippen molar-refractivity contribution in [2.45, 2.75) is 65.7 Å². The fourth-order valence-electron chi connectivity index (χ4n) is 1.71. The van der Waals surface area contributed by atoms with Crippen LogP contribution in [0.15, 0.2) is 0 Å². The molecule has 0 aromatic heterocycles. The third kappa shape index (κ3) is 4.31. The van der Waals surface area contributed by atoms with Crippen molar-refractivity contribution in [1.29, 1.82) is 5.26 Å². The van der Waals surface area contributed by atoms with Gasteiger partial charge in [0, 0.05) is 0 Å². The summed E-state index contributed by atoms with van der Waals surface area (Å²) in [5.74, 6) is 0. The number of nitrogens with zero attached hydrogens (tertiary/aromatic N) is 1. The highest BCUT2D eigenvalue weighted by Gasteiger charge is 2.24. The van der Waals surface area contributed by atoms with Gasteiger partial charge in [-0.25, -0.2) is 0 Å². The van der Waals surface area contributed by atoms with E-state index < -0.39 is 0 Å². The van der Waals surface area contributed by atoms with Crippen LogP contribution in [-0.4, -0.2) is 0 Å². The van der Waals surface area contributed by atoms with Crippen molar-refractivity contribution < 1.29 is 0 Å². The molecule has 0 saturated heterocycles. The lowest BCUT2D eigenvalue weighted by Crippen LogP contribution is -2.15. The fourth-order valence-corrected chi connectivity index (χ4v) is 1.71. The molecule has 0 bridgehead atoms. The highest BCUT2D eigenvalue weighted by Crippen LogP contribution is 2.31. The van der Waals surface area contributed by atoms with E-state index in [1.807, 2.05) is 0 Å². The second-order valence-electron chi connectivity index (χ2n) is 3.91. The maximum absolute atomic E-state index is 9.08. The first-order valence-electron chi connectivity index (χ1n) is 5.66. The SMILES string of the molecule is CCCCCCC(C#N)(CC)CC. The molecule has 0 rings (SSSR count). The summed E-state index contributed by atoms with van der Waals surface area (Å²) in [5, 5.41) is 9.08. The number of hydrogen-bond acceptors (Lipinski definition) is 1. The summed E-state index contributed by atoms with van der Waals surface area (Å²) in [5.41, 5.74) is -0.0201. The van der Waals surface area contributed by atoms with Crippen LogP contribution in [0.25, 0.3) is 0 Å². The van der Waals surface area contributed by atoms with E-state index in [4.69, 9.17) is 5.26 Å². The van der Waals surface area contributed by atoms with Crippen molar-refractivity contribution in [2.24, 2.45) is 5.41 Å². The Balaban J connectivity index is 3.77. The Morgan fingerprint density at radius 2 is 1.62 bits per heavy atom. The normalized spacial score (nSPS) is 11.2. The Labute approximate surface area is 83.1 Å². The molecule has 0 spiro atoms. The third-order valence-corrected chi connectivity index (χ3v) is 3.10. The molecule has 0 radical (unpaired) electrons. The van der Waals surface area contributed by atoms with Crippen molar-refractivity contribution in [2.75, 3.05) is 0 Å². The van der Waals surface area contributed by atoms with Crippen LogP contribution in [0.3, 0.4) is 0 Å². The van der Waals surface area contributed by atoms with E-state index in [-0.39, 0.29) is 5.41 Å². The highest BCUT2D eigenvalue weighted by molar-refractivity contribution is 4.96. The van der Waals surface area contributed by atoms with Gasteiger partial charge in [0.1, 0.15) is 0 Å². The van der Waals surface area contributed by atoms with Gasteiger partial charge in [-0.2, -0.15) is 5.26 Å². The van der Waals surface area contributed by atoms with Gasteiger partial charge < -0.3 is 0 Å². The average Bonchev–Trinajstić information content (AvgIpc) is 2.20. The molecule has 76 valence electrons. The lowest BCUT2D eigenvalue weighted by Gasteiger charge is -2.22. The molecule has 0 fully saturated rings. The van der Waals surface area contributed by atoms with E-state index in [0.29, 0.717) is 0 Å². The second-order valence-corrected chi connectivity index (χ2v) is 3.91. The average molecular weight is 181 g/mol. The van der Waals surface area contributed by atoms with Gasteiger partial charge in [-0.3, -0.25) is 0 Å². The summed E-state index contributed by atoms with van der Waals surface area (Å²) in [6.07, 6.45) is 8.21. The zero-order valence-electron chi connectivity index (χ0n) is 9.40. The summed E-state index contributed by atoms with van der Waals surface area (Å²) in [7, 11) is 0. The number of hydrogen-bond donors (Lipinski definition) is 0. The Hall–Kier alpha value is -0.510. The number of rotatable bonds is 7. The minimum Gasteiger partial charge on any atom is -0.198 e. The fraction of sp³-hybridized carbons (Fsp3) is 0.917. The summed E-state index contributed by atoms with van der Waals surface area (Å²) in [6, 6.07) is 2.49. The molecule has 0 heterocycles. The second kappa shape index (κ2) is 6.95. The standard InChI is InChI=1S/C12H23N/c1-4-7-8-9-10-12(5-2,6-3)11-13/h4-10H2,1-3H3. The van der Waals surface area contributed by atoms with Crippen LogP contribution >= 0.6 is 0 Å². The molecule has 0 N–H and O–H groups in total. The maximum atomic E-state index is 9.08. The van der Waals surface area contributed by atoms with Crippen LogP contribution < -0.4 is 0 Å². The van der Waals surface area contributed by atoms with E-state index in [9.17, 15) is 0 Å². The van der Waals surface area contributed by atoms with Crippen molar-refractivity contribution >= 4 is 0 Å². The van der Waals surface area contributed by atoms with Crippen molar-refractivity contribution in [3.05, 3.63) is 0 Å². The maximum Gasteiger partial charge on any atom is 0.0689 e. The van der Waals surface area contributed by atoms with Crippen LogP contribution in [0.5, 0.6) is 0 Å². The molecule has 1 heteroatoms. The summed E-state index contributed by atoms with van der Waals surface area (Å²) in [6.45, 7) is 6.48. The van der Waals surface area contributed by atoms with Gasteiger partial charge in [-0.15, -0.1) is 0 Å². The lowest BCUT2D eigenvalue weighted by atomic mass is 9.79. The molecule has 0 unspecified atom stereocenters. The minimum absolute atomic E-state index is 0.0201. The monoisotopic (exact) mass is 181 g/mol. The topological polar surface area (TPSA) is 23.8 Å². The summed E-state index contributed by atoms with van der Waals surface area (Å²) < 4.78 is 0. The van der Waals surface area contributed by atoms with Crippen molar-refractivity contribution in [1.82, 2.24) is 0 Å². The largest absolute Gasteiger partial charge is 0.198 e. The highest BCUT2D eigenvalue weighted by atomic mass is 14.4. The minimum atomic E-state index is -0.0201. The molecule has 0 aliphatic carbocycles. The van der Waals surface area contributed by atoms with Gasteiger partial charge in [0.2, 0.25) is 0 Å². The molecular formula is C12H23N. The molecule has 0 aromatic rings. The van der Waals surface area contributed by atoms with E-state index >= 15 is 0 Å². The van der Waals surface area contributed by atoms with E-state index in [2.05, 4.69) is 26.8 Å². The smallest absolute Gasteiger partial charge is 0.0689 e. The molecule has 0 amide bonds. The lowest BCUT2D eigenvalue weighted by molar-refractivity contribution is 0.322. The Morgan fingerprint density at radius 1 is 1.00 bits per heavy atom. The third-order valence-electron chi connectivity index (χ3n) is 3.10. The number of unbranched alkanes of at least 4 members (excludes halogenated alkanes) is 3. The van der Waals surface area contributed by atoms with E-state index in [1.54, 1.807) is 0 Å². The molecule has 0 aliphatic heterocycles. The van der Waals surface area contributed by atoms with Crippen molar-refractivity contribution in [3.63, 3.8) is 0 Å². The molecule has 13 heavy (non-hydrogen) atoms. The Bertz CT molecular complexity index is 151. The predicted molar refractivity (Wildman–Crippen MR) is 57.4 cm³/mol. The quantitative estimate of drug-likeness (QED) is 0.537. The number of nitriles is 1. The first-order chi connectivity index (χ1) is 6.24. The van der Waals surface area contributed by atoms with Gasteiger partial charge >= 0.3 is 0 Å². The first kappa shape index (κ1) is 12.5. The molecule has 0 saturated carbocycles. The van der Waals surface area contributed by atoms with Crippen LogP contribution in [0.2, 0.25) is 0 Å². The predicted octanol–water partition coefficient (Wildman–Crippen LogP) is 4.29. The van der Waals surface area contributed by atoms with Crippen molar-refractivity contribution in [3.8, 4) is 6.07 Å². The Kier molecular flexibility index (Phi) is 6.68. The molecule has 0 aromatic carbocycles. The Morgan fingerprint density at radius 3 is 2.00 bits per heavy atom. The van der Waals surface area contributed by atoms with Gasteiger partial charge in [0.25, 0.3) is 0 Å². The summed E-state index contributed by atoms with van der Waals surface area (Å²) in [4.78, 5) is 0. The van der Waals surface area contributed by atoms with Gasteiger partial charge in [-0.1, -0.05) is 46.5 Å².